The molecule has 4 nitrogen and oxygen atoms in total. The van der Waals surface area contributed by atoms with Crippen LogP contribution in [0.5, 0.6) is 0 Å². The zero-order chi connectivity index (χ0) is 12.1. The van der Waals surface area contributed by atoms with Gasteiger partial charge in [0.25, 0.3) is 5.91 Å². The summed E-state index contributed by atoms with van der Waals surface area (Å²) >= 11 is 0. The maximum absolute atomic E-state index is 11.6. The quantitative estimate of drug-likeness (QED) is 0.730. The van der Waals surface area contributed by atoms with Crippen molar-refractivity contribution in [3.8, 4) is 0 Å². The van der Waals surface area contributed by atoms with Crippen LogP contribution in [0.2, 0.25) is 0 Å². The van der Waals surface area contributed by atoms with Gasteiger partial charge in [-0.1, -0.05) is 20.8 Å². The van der Waals surface area contributed by atoms with E-state index in [1.165, 1.54) is 0 Å². The van der Waals surface area contributed by atoms with Crippen LogP contribution in [0.25, 0.3) is 0 Å². The maximum Gasteiger partial charge on any atom is 0.338 e. The van der Waals surface area contributed by atoms with E-state index in [0.717, 1.165) is 6.42 Å². The lowest BCUT2D eigenvalue weighted by Gasteiger charge is -2.25. The first-order valence-corrected chi connectivity index (χ1v) is 5.32. The third-order valence-electron chi connectivity index (χ3n) is 2.70. The molecule has 15 heavy (non-hydrogen) atoms. The fourth-order valence-electron chi connectivity index (χ4n) is 0.749. The Hall–Kier alpha value is -1.06. The molecule has 0 fully saturated rings. The lowest BCUT2D eigenvalue weighted by Crippen LogP contribution is -2.37. The number of hydrogen-bond donors (Lipinski definition) is 1. The summed E-state index contributed by atoms with van der Waals surface area (Å²) in [4.78, 5) is 27.4. The van der Waals surface area contributed by atoms with Crippen molar-refractivity contribution in [3.05, 3.63) is 0 Å². The highest BCUT2D eigenvalue weighted by Crippen LogP contribution is 2.26. The predicted octanol–water partition coefficient (Wildman–Crippen LogP) is 2.04. The molecule has 0 rings (SSSR count). The first-order chi connectivity index (χ1) is 6.82. The Bertz CT molecular complexity index is 234. The molecule has 1 amide bonds. The molecule has 4 heteroatoms. The van der Waals surface area contributed by atoms with Gasteiger partial charge in [0.05, 0.1) is 5.41 Å². The van der Waals surface area contributed by atoms with Gasteiger partial charge in [-0.15, -0.1) is 0 Å². The minimum absolute atomic E-state index is 0.160. The Kier molecular flexibility index (Phi) is 5.33. The van der Waals surface area contributed by atoms with Gasteiger partial charge in [-0.05, 0) is 26.2 Å². The number of carbonyl (C=O) groups excluding carboxylic acids is 2. The normalized spacial score (nSPS) is 11.3. The molecule has 0 aliphatic heterocycles. The Labute approximate surface area is 91.3 Å². The van der Waals surface area contributed by atoms with Crippen molar-refractivity contribution >= 4 is 11.9 Å². The van der Waals surface area contributed by atoms with Crippen LogP contribution in [0.3, 0.4) is 0 Å². The van der Waals surface area contributed by atoms with Gasteiger partial charge >= 0.3 is 5.97 Å². The zero-order valence-corrected chi connectivity index (χ0v) is 10.2. The van der Waals surface area contributed by atoms with E-state index in [1.807, 2.05) is 20.8 Å². The summed E-state index contributed by atoms with van der Waals surface area (Å²) in [7, 11) is 0. The second-order valence-electron chi connectivity index (χ2n) is 4.54. The summed E-state index contributed by atoms with van der Waals surface area (Å²) in [6.45, 7) is 9.36. The van der Waals surface area contributed by atoms with E-state index in [1.54, 1.807) is 13.8 Å². The predicted molar refractivity (Wildman–Crippen MR) is 57.8 cm³/mol. The molecule has 0 aromatic carbocycles. The van der Waals surface area contributed by atoms with Crippen molar-refractivity contribution in [2.45, 2.75) is 47.5 Å². The number of hydroxylamine groups is 1. The molecular formula is C11H21NO3. The second kappa shape index (κ2) is 5.73. The van der Waals surface area contributed by atoms with Gasteiger partial charge in [0.15, 0.2) is 0 Å². The molecule has 1 N–H and O–H groups in total. The average molecular weight is 215 g/mol. The van der Waals surface area contributed by atoms with Crippen LogP contribution >= 0.6 is 0 Å². The summed E-state index contributed by atoms with van der Waals surface area (Å²) in [5.74, 6) is -0.500. The average Bonchev–Trinajstić information content (AvgIpc) is 2.14. The molecule has 0 saturated carbocycles. The molecule has 0 spiro atoms. The highest BCUT2D eigenvalue weighted by molar-refractivity contribution is 5.80. The lowest BCUT2D eigenvalue weighted by atomic mass is 9.81. The Balaban J connectivity index is 4.09. The first kappa shape index (κ1) is 13.9. The molecule has 0 unspecified atom stereocenters. The molecule has 0 aliphatic carbocycles. The second-order valence-corrected chi connectivity index (χ2v) is 4.54. The van der Waals surface area contributed by atoms with Crippen LogP contribution in [0.15, 0.2) is 0 Å². The fourth-order valence-corrected chi connectivity index (χ4v) is 0.749. The number of carbonyl (C=O) groups is 2. The molecule has 0 saturated heterocycles. The highest BCUT2D eigenvalue weighted by Gasteiger charge is 2.33. The fraction of sp³-hybridized carbons (Fsp3) is 0.818. The van der Waals surface area contributed by atoms with Gasteiger partial charge in [0, 0.05) is 6.42 Å². The minimum atomic E-state index is -0.584. The smallest absolute Gasteiger partial charge is 0.338 e. The van der Waals surface area contributed by atoms with Gasteiger partial charge in [0.1, 0.15) is 0 Å². The van der Waals surface area contributed by atoms with Gasteiger partial charge in [0.2, 0.25) is 0 Å². The molecule has 0 bridgehead atoms. The lowest BCUT2D eigenvalue weighted by molar-refractivity contribution is -0.169. The van der Waals surface area contributed by atoms with E-state index in [2.05, 4.69) is 5.48 Å². The van der Waals surface area contributed by atoms with E-state index in [9.17, 15) is 9.59 Å². The summed E-state index contributed by atoms with van der Waals surface area (Å²) in [5, 5.41) is 0. The third kappa shape index (κ3) is 4.32. The molecule has 0 atom stereocenters. The molecule has 0 radical (unpaired) electrons. The highest BCUT2D eigenvalue weighted by atomic mass is 16.7. The van der Waals surface area contributed by atoms with Crippen LogP contribution in [-0.2, 0) is 14.4 Å². The molecule has 0 aliphatic rings. The van der Waals surface area contributed by atoms with E-state index in [-0.39, 0.29) is 11.8 Å². The molecule has 88 valence electrons. The minimum Gasteiger partial charge on any atom is -0.340 e. The van der Waals surface area contributed by atoms with E-state index in [0.29, 0.717) is 6.42 Å². The molecule has 0 aromatic heterocycles. The Morgan fingerprint density at radius 1 is 1.33 bits per heavy atom. The van der Waals surface area contributed by atoms with Crippen molar-refractivity contribution in [2.24, 2.45) is 11.3 Å². The van der Waals surface area contributed by atoms with Crippen molar-refractivity contribution in [3.63, 3.8) is 0 Å². The van der Waals surface area contributed by atoms with Gasteiger partial charge in [-0.3, -0.25) is 4.79 Å². The SMILES string of the molecule is CCCC(=O)NOC(=O)C(C)(C)C(C)C. The van der Waals surface area contributed by atoms with Gasteiger partial charge < -0.3 is 4.84 Å². The van der Waals surface area contributed by atoms with Crippen molar-refractivity contribution < 1.29 is 14.4 Å². The number of nitrogens with one attached hydrogen (secondary N) is 1. The van der Waals surface area contributed by atoms with Crippen molar-refractivity contribution in [2.75, 3.05) is 0 Å². The molecule has 0 heterocycles. The van der Waals surface area contributed by atoms with Crippen molar-refractivity contribution in [1.29, 1.82) is 0 Å². The third-order valence-corrected chi connectivity index (χ3v) is 2.70. The maximum atomic E-state index is 11.6. The summed E-state index contributed by atoms with van der Waals surface area (Å²) in [5.41, 5.74) is 1.57. The Morgan fingerprint density at radius 2 is 1.87 bits per heavy atom. The topological polar surface area (TPSA) is 55.4 Å². The monoisotopic (exact) mass is 215 g/mol. The standard InChI is InChI=1S/C11H21NO3/c1-6-7-9(13)12-15-10(14)11(4,5)8(2)3/h8H,6-7H2,1-5H3,(H,12,13). The van der Waals surface area contributed by atoms with Crippen LogP contribution in [0, 0.1) is 11.3 Å². The van der Waals surface area contributed by atoms with Gasteiger partial charge in [-0.25, -0.2) is 4.79 Å². The van der Waals surface area contributed by atoms with E-state index in [4.69, 9.17) is 4.84 Å². The number of hydrogen-bond acceptors (Lipinski definition) is 3. The summed E-state index contributed by atoms with van der Waals surface area (Å²) < 4.78 is 0. The number of rotatable bonds is 4. The molecule has 0 aromatic rings. The van der Waals surface area contributed by atoms with Crippen LogP contribution < -0.4 is 5.48 Å². The van der Waals surface area contributed by atoms with E-state index >= 15 is 0 Å². The van der Waals surface area contributed by atoms with Crippen LogP contribution in [0.1, 0.15) is 47.5 Å². The van der Waals surface area contributed by atoms with E-state index < -0.39 is 11.4 Å². The van der Waals surface area contributed by atoms with Crippen LogP contribution in [-0.4, -0.2) is 11.9 Å². The first-order valence-electron chi connectivity index (χ1n) is 5.32. The van der Waals surface area contributed by atoms with Crippen LogP contribution in [0.4, 0.5) is 0 Å². The zero-order valence-electron chi connectivity index (χ0n) is 10.2. The Morgan fingerprint density at radius 3 is 2.27 bits per heavy atom. The van der Waals surface area contributed by atoms with Crippen molar-refractivity contribution in [1.82, 2.24) is 5.48 Å². The van der Waals surface area contributed by atoms with Gasteiger partial charge in [-0.2, -0.15) is 5.48 Å². The largest absolute Gasteiger partial charge is 0.340 e. The number of amides is 1. The molecular weight excluding hydrogens is 194 g/mol. The summed E-state index contributed by atoms with van der Waals surface area (Å²) in [6.07, 6.45) is 1.10. The summed E-state index contributed by atoms with van der Waals surface area (Å²) in [6, 6.07) is 0.